The van der Waals surface area contributed by atoms with E-state index in [9.17, 15) is 4.79 Å². The molecule has 1 aliphatic rings. The first-order valence-electron chi connectivity index (χ1n) is 12.6. The number of hydrogen-bond donors (Lipinski definition) is 0. The molecule has 0 spiro atoms. The van der Waals surface area contributed by atoms with Gasteiger partial charge in [-0.15, -0.1) is 6.42 Å². The minimum Gasteiger partial charge on any atom is -0.444 e. The Morgan fingerprint density at radius 2 is 1.66 bits per heavy atom. The number of terminal acetylenes is 1. The first-order chi connectivity index (χ1) is 16.5. The average Bonchev–Trinajstić information content (AvgIpc) is 3.23. The fraction of sp³-hybridized carbons (Fsp3) is 0.500. The Labute approximate surface area is 213 Å². The third kappa shape index (κ3) is 6.99. The lowest BCUT2D eigenvalue weighted by Crippen LogP contribution is -2.49. The van der Waals surface area contributed by atoms with Crippen molar-refractivity contribution in [3.05, 3.63) is 60.2 Å². The van der Waals surface area contributed by atoms with Gasteiger partial charge in [-0.2, -0.15) is 0 Å². The van der Waals surface area contributed by atoms with Crippen LogP contribution >= 0.6 is 0 Å². The number of ether oxygens (including phenoxy) is 1. The van der Waals surface area contributed by atoms with Crippen molar-refractivity contribution in [1.82, 2.24) is 4.90 Å². The molecule has 1 aliphatic heterocycles. The van der Waals surface area contributed by atoms with E-state index in [4.69, 9.17) is 15.6 Å². The van der Waals surface area contributed by atoms with E-state index in [-0.39, 0.29) is 11.5 Å². The van der Waals surface area contributed by atoms with Gasteiger partial charge in [-0.3, -0.25) is 4.90 Å². The fourth-order valence-electron chi connectivity index (χ4n) is 4.53. The molecule has 2 aromatic rings. The number of amides is 1. The van der Waals surface area contributed by atoms with E-state index in [0.717, 1.165) is 19.3 Å². The topological polar surface area (TPSA) is 38.8 Å². The first-order valence-corrected chi connectivity index (χ1v) is 14.0. The number of benzene rings is 2. The van der Waals surface area contributed by atoms with Gasteiger partial charge in [0.05, 0.1) is 0 Å². The van der Waals surface area contributed by atoms with Gasteiger partial charge in [-0.1, -0.05) is 81.3 Å². The Hall–Kier alpha value is -2.55. The molecule has 0 saturated carbocycles. The van der Waals surface area contributed by atoms with Crippen LogP contribution < -0.4 is 10.4 Å². The number of carbonyl (C=O) groups is 1. The van der Waals surface area contributed by atoms with Crippen molar-refractivity contribution in [2.24, 2.45) is 0 Å². The van der Waals surface area contributed by atoms with E-state index >= 15 is 0 Å². The zero-order chi connectivity index (χ0) is 25.7. The lowest BCUT2D eigenvalue weighted by molar-refractivity contribution is 0.0143. The maximum Gasteiger partial charge on any atom is 0.411 e. The van der Waals surface area contributed by atoms with Gasteiger partial charge < -0.3 is 9.16 Å². The van der Waals surface area contributed by atoms with Gasteiger partial charge in [-0.05, 0) is 67.8 Å². The molecule has 1 amide bonds. The molecule has 0 N–H and O–H groups in total. The molecule has 1 unspecified atom stereocenters. The van der Waals surface area contributed by atoms with Crippen molar-refractivity contribution in [2.75, 3.05) is 13.2 Å². The van der Waals surface area contributed by atoms with E-state index in [1.54, 1.807) is 4.90 Å². The van der Waals surface area contributed by atoms with Gasteiger partial charge in [0, 0.05) is 13.2 Å². The summed E-state index contributed by atoms with van der Waals surface area (Å²) in [5.41, 5.74) is 0.289. The van der Waals surface area contributed by atoms with Crippen LogP contribution in [-0.4, -0.2) is 44.3 Å². The lowest BCUT2D eigenvalue weighted by Gasteiger charge is -2.35. The van der Waals surface area contributed by atoms with E-state index in [1.165, 1.54) is 15.9 Å². The van der Waals surface area contributed by atoms with Gasteiger partial charge in [0.1, 0.15) is 11.1 Å². The van der Waals surface area contributed by atoms with Crippen LogP contribution in [0.2, 0.25) is 0 Å². The molecule has 35 heavy (non-hydrogen) atoms. The van der Waals surface area contributed by atoms with E-state index < -0.39 is 20.2 Å². The molecule has 1 atom stereocenters. The van der Waals surface area contributed by atoms with Crippen LogP contribution in [0.3, 0.4) is 0 Å². The lowest BCUT2D eigenvalue weighted by atomic mass is 9.87. The third-order valence-corrected chi connectivity index (χ3v) is 8.61. The van der Waals surface area contributed by atoms with Crippen LogP contribution in [0.5, 0.6) is 0 Å². The van der Waals surface area contributed by atoms with Crippen molar-refractivity contribution >= 4 is 25.5 Å². The average molecular weight is 491 g/mol. The van der Waals surface area contributed by atoms with Gasteiger partial charge >= 0.3 is 6.09 Å². The Morgan fingerprint density at radius 1 is 1.03 bits per heavy atom. The second kappa shape index (κ2) is 11.0. The molecule has 3 rings (SSSR count). The summed E-state index contributed by atoms with van der Waals surface area (Å²) in [6.45, 7) is 13.6. The first kappa shape index (κ1) is 27.0. The largest absolute Gasteiger partial charge is 0.444 e. The number of likely N-dealkylation sites (tertiary alicyclic amines) is 1. The summed E-state index contributed by atoms with van der Waals surface area (Å²) < 4.78 is 12.2. The summed E-state index contributed by atoms with van der Waals surface area (Å²) >= 11 is 0. The van der Waals surface area contributed by atoms with E-state index in [0.29, 0.717) is 19.6 Å². The fourth-order valence-corrected chi connectivity index (χ4v) is 6.51. The number of hydrogen-bond acceptors (Lipinski definition) is 3. The second-order valence-corrected chi connectivity index (χ2v) is 13.5. The second-order valence-electron chi connectivity index (χ2n) is 11.4. The van der Waals surface area contributed by atoms with Crippen molar-refractivity contribution in [2.45, 2.75) is 83.8 Å². The standard InChI is InChI=1S/C30H40NO3Si/c1-8-30(20-12-22-31(30)27(32)34-29(5,6)7)21-13-23-33-35(25-14-10-9-11-15-25)26-18-16-24(17-19-26)28(2,3)4/h1,9-11,14-19H,12-13,20-23H2,2-7H3. The number of carbonyl (C=O) groups excluding carboxylic acids is 1. The van der Waals surface area contributed by atoms with Crippen LogP contribution in [0.15, 0.2) is 54.6 Å². The zero-order valence-electron chi connectivity index (χ0n) is 22.2. The molecule has 1 radical (unpaired) electrons. The Morgan fingerprint density at radius 3 is 2.23 bits per heavy atom. The molecule has 4 nitrogen and oxygen atoms in total. The van der Waals surface area contributed by atoms with Crippen LogP contribution in [0.4, 0.5) is 4.79 Å². The zero-order valence-corrected chi connectivity index (χ0v) is 23.2. The van der Waals surface area contributed by atoms with Gasteiger partial charge in [0.15, 0.2) is 0 Å². The summed E-state index contributed by atoms with van der Waals surface area (Å²) in [4.78, 5) is 14.6. The summed E-state index contributed by atoms with van der Waals surface area (Å²) in [7, 11) is -1.39. The van der Waals surface area contributed by atoms with Crippen LogP contribution in [0, 0.1) is 12.3 Å². The van der Waals surface area contributed by atoms with Crippen molar-refractivity contribution in [3.8, 4) is 12.3 Å². The van der Waals surface area contributed by atoms with Crippen molar-refractivity contribution in [1.29, 1.82) is 0 Å². The van der Waals surface area contributed by atoms with Crippen LogP contribution in [0.1, 0.15) is 72.8 Å². The highest BCUT2D eigenvalue weighted by molar-refractivity contribution is 6.80. The molecule has 5 heteroatoms. The molecule has 187 valence electrons. The van der Waals surface area contributed by atoms with Gasteiger partial charge in [-0.25, -0.2) is 4.79 Å². The minimum absolute atomic E-state index is 0.115. The van der Waals surface area contributed by atoms with Crippen molar-refractivity contribution < 1.29 is 14.0 Å². The Balaban J connectivity index is 1.69. The molecular weight excluding hydrogens is 450 g/mol. The third-order valence-electron chi connectivity index (χ3n) is 6.40. The SMILES string of the molecule is C#CC1(CCCO[Si](c2ccccc2)c2ccc(C(C)(C)C)cc2)CCCN1C(=O)OC(C)(C)C. The summed E-state index contributed by atoms with van der Waals surface area (Å²) in [6, 6.07) is 19.3. The normalized spacial score (nSPS) is 18.5. The molecule has 1 heterocycles. The Bertz CT molecular complexity index is 1010. The molecule has 1 fully saturated rings. The monoisotopic (exact) mass is 490 g/mol. The van der Waals surface area contributed by atoms with E-state index in [1.807, 2.05) is 26.8 Å². The van der Waals surface area contributed by atoms with Gasteiger partial charge in [0.25, 0.3) is 9.04 Å². The van der Waals surface area contributed by atoms with Crippen LogP contribution in [-0.2, 0) is 14.6 Å². The molecule has 2 aromatic carbocycles. The van der Waals surface area contributed by atoms with E-state index in [2.05, 4.69) is 75.2 Å². The molecule has 1 saturated heterocycles. The van der Waals surface area contributed by atoms with Crippen LogP contribution in [0.25, 0.3) is 0 Å². The highest BCUT2D eigenvalue weighted by atomic mass is 28.3. The predicted molar refractivity (Wildman–Crippen MR) is 146 cm³/mol. The summed E-state index contributed by atoms with van der Waals surface area (Å²) in [5.74, 6) is 2.94. The summed E-state index contributed by atoms with van der Waals surface area (Å²) in [6.07, 6.45) is 8.86. The number of nitrogens with zero attached hydrogens (tertiary/aromatic N) is 1. The summed E-state index contributed by atoms with van der Waals surface area (Å²) in [5, 5.41) is 2.46. The van der Waals surface area contributed by atoms with Crippen molar-refractivity contribution in [3.63, 3.8) is 0 Å². The molecule has 0 bridgehead atoms. The quantitative estimate of drug-likeness (QED) is 0.301. The Kier molecular flexibility index (Phi) is 8.51. The molecule has 0 aliphatic carbocycles. The molecule has 0 aromatic heterocycles. The molecular formula is C30H40NO3Si. The maximum absolute atomic E-state index is 12.8. The highest BCUT2D eigenvalue weighted by Gasteiger charge is 2.43. The predicted octanol–water partition coefficient (Wildman–Crippen LogP) is 5.29. The van der Waals surface area contributed by atoms with Gasteiger partial charge in [0.2, 0.25) is 0 Å². The number of rotatable bonds is 7. The highest BCUT2D eigenvalue weighted by Crippen LogP contribution is 2.34. The minimum atomic E-state index is -1.39. The smallest absolute Gasteiger partial charge is 0.411 e. The maximum atomic E-state index is 12.8.